The smallest absolute Gasteiger partial charge is 0.279 e. The van der Waals surface area contributed by atoms with Crippen LogP contribution in [0.3, 0.4) is 0 Å². The third kappa shape index (κ3) is 6.26. The molecule has 0 spiro atoms. The minimum Gasteiger partial charge on any atom is -0.478 e. The maximum atomic E-state index is 13.5. The van der Waals surface area contributed by atoms with E-state index < -0.39 is 23.7 Å². The van der Waals surface area contributed by atoms with Crippen LogP contribution in [0.5, 0.6) is 5.75 Å². The highest BCUT2D eigenvalue weighted by Gasteiger charge is 2.16. The van der Waals surface area contributed by atoms with E-state index in [1.165, 1.54) is 36.8 Å². The van der Waals surface area contributed by atoms with Crippen molar-refractivity contribution in [2.75, 3.05) is 0 Å². The topological polar surface area (TPSA) is 67.4 Å². The molecule has 0 heterocycles. The van der Waals surface area contributed by atoms with Crippen LogP contribution in [0.2, 0.25) is 0 Å². The fraction of sp³-hybridized carbons (Fsp3) is 0.238. The van der Waals surface area contributed by atoms with E-state index in [2.05, 4.69) is 24.7 Å². The van der Waals surface area contributed by atoms with Crippen LogP contribution >= 0.6 is 0 Å². The van der Waals surface area contributed by atoms with Crippen molar-refractivity contribution in [2.24, 2.45) is 0 Å². The van der Waals surface area contributed by atoms with Gasteiger partial charge in [-0.3, -0.25) is 20.4 Å². The first-order valence-electron chi connectivity index (χ1n) is 8.66. The van der Waals surface area contributed by atoms with Crippen molar-refractivity contribution in [2.45, 2.75) is 32.8 Å². The number of hydrogen-bond donors (Lipinski definition) is 2. The second kappa shape index (κ2) is 9.52. The fourth-order valence-corrected chi connectivity index (χ4v) is 2.21. The van der Waals surface area contributed by atoms with Gasteiger partial charge in [0.1, 0.15) is 0 Å². The molecule has 142 valence electrons. The lowest BCUT2D eigenvalue weighted by Gasteiger charge is -2.15. The molecule has 0 saturated heterocycles. The predicted octanol–water partition coefficient (Wildman–Crippen LogP) is 3.58. The molecule has 0 unspecified atom stereocenters. The van der Waals surface area contributed by atoms with Crippen LogP contribution in [-0.2, 0) is 9.59 Å². The lowest BCUT2D eigenvalue weighted by Crippen LogP contribution is -2.46. The molecule has 1 atom stereocenters. The third-order valence-corrected chi connectivity index (χ3v) is 3.85. The van der Waals surface area contributed by atoms with Gasteiger partial charge in [0.15, 0.2) is 17.7 Å². The van der Waals surface area contributed by atoms with Gasteiger partial charge in [0.25, 0.3) is 11.8 Å². The summed E-state index contributed by atoms with van der Waals surface area (Å²) >= 11 is 0. The minimum absolute atomic E-state index is 0.0313. The summed E-state index contributed by atoms with van der Waals surface area (Å²) in [6.45, 7) is 5.68. The van der Waals surface area contributed by atoms with Crippen LogP contribution in [0.25, 0.3) is 6.08 Å². The first-order valence-corrected chi connectivity index (χ1v) is 8.66. The normalized spacial score (nSPS) is 12.0. The molecule has 2 aromatic carbocycles. The second-order valence-corrected chi connectivity index (χ2v) is 6.32. The van der Waals surface area contributed by atoms with Crippen molar-refractivity contribution in [3.05, 3.63) is 71.6 Å². The molecule has 0 aliphatic carbocycles. The monoisotopic (exact) mass is 370 g/mol. The third-order valence-electron chi connectivity index (χ3n) is 3.85. The molecule has 0 aliphatic heterocycles. The largest absolute Gasteiger partial charge is 0.478 e. The number of para-hydroxylation sites is 1. The molecular weight excluding hydrogens is 347 g/mol. The fourth-order valence-electron chi connectivity index (χ4n) is 2.21. The summed E-state index contributed by atoms with van der Waals surface area (Å²) in [5.41, 5.74) is 6.60. The van der Waals surface area contributed by atoms with Gasteiger partial charge in [0.05, 0.1) is 0 Å². The molecule has 2 amide bonds. The zero-order valence-electron chi connectivity index (χ0n) is 15.5. The van der Waals surface area contributed by atoms with E-state index in [1.807, 2.05) is 24.3 Å². The Bertz CT molecular complexity index is 816. The highest BCUT2D eigenvalue weighted by molar-refractivity contribution is 5.93. The van der Waals surface area contributed by atoms with Crippen molar-refractivity contribution in [1.29, 1.82) is 0 Å². The van der Waals surface area contributed by atoms with E-state index in [4.69, 9.17) is 4.74 Å². The maximum absolute atomic E-state index is 13.5. The first kappa shape index (κ1) is 20.2. The van der Waals surface area contributed by atoms with Crippen molar-refractivity contribution in [3.8, 4) is 5.75 Å². The van der Waals surface area contributed by atoms with Crippen LogP contribution in [0, 0.1) is 5.82 Å². The summed E-state index contributed by atoms with van der Waals surface area (Å²) < 4.78 is 18.8. The first-order chi connectivity index (χ1) is 12.9. The van der Waals surface area contributed by atoms with E-state index >= 15 is 0 Å². The molecule has 2 N–H and O–H groups in total. The van der Waals surface area contributed by atoms with Crippen LogP contribution in [-0.4, -0.2) is 17.9 Å². The Morgan fingerprint density at radius 3 is 2.30 bits per heavy atom. The second-order valence-electron chi connectivity index (χ2n) is 6.32. The van der Waals surface area contributed by atoms with E-state index in [0.717, 1.165) is 5.56 Å². The van der Waals surface area contributed by atoms with Gasteiger partial charge in [-0.1, -0.05) is 50.2 Å². The molecule has 0 radical (unpaired) electrons. The number of hydrazine groups is 1. The highest BCUT2D eigenvalue weighted by atomic mass is 19.1. The maximum Gasteiger partial charge on any atom is 0.279 e. The zero-order chi connectivity index (χ0) is 19.8. The number of ether oxygens (including phenoxy) is 1. The lowest BCUT2D eigenvalue weighted by molar-refractivity contribution is -0.131. The Balaban J connectivity index is 1.81. The Hall–Kier alpha value is -3.15. The predicted molar refractivity (Wildman–Crippen MR) is 102 cm³/mol. The number of amides is 2. The van der Waals surface area contributed by atoms with Gasteiger partial charge in [-0.25, -0.2) is 4.39 Å². The summed E-state index contributed by atoms with van der Waals surface area (Å²) in [4.78, 5) is 23.8. The average molecular weight is 370 g/mol. The molecule has 2 aromatic rings. The standard InChI is InChI=1S/C21H23FN2O3/c1-14(2)17-11-8-16(9-12-17)10-13-20(25)23-24-21(26)15(3)27-19-7-5-4-6-18(19)22/h4-15H,1-3H3,(H,23,25)(H,24,26)/b13-10+/t15-/m0/s1. The van der Waals surface area contributed by atoms with Crippen molar-refractivity contribution >= 4 is 17.9 Å². The van der Waals surface area contributed by atoms with Gasteiger partial charge in [0.2, 0.25) is 0 Å². The van der Waals surface area contributed by atoms with E-state index in [-0.39, 0.29) is 5.75 Å². The molecule has 5 nitrogen and oxygen atoms in total. The van der Waals surface area contributed by atoms with Gasteiger partial charge in [-0.05, 0) is 42.2 Å². The molecule has 6 heteroatoms. The Morgan fingerprint density at radius 1 is 1.00 bits per heavy atom. The van der Waals surface area contributed by atoms with Gasteiger partial charge < -0.3 is 4.74 Å². The molecule has 27 heavy (non-hydrogen) atoms. The summed E-state index contributed by atoms with van der Waals surface area (Å²) in [5.74, 6) is -1.24. The number of rotatable bonds is 6. The number of halogens is 1. The van der Waals surface area contributed by atoms with Gasteiger partial charge in [0, 0.05) is 6.08 Å². The van der Waals surface area contributed by atoms with Crippen LogP contribution in [0.4, 0.5) is 4.39 Å². The Labute approximate surface area is 158 Å². The number of carbonyl (C=O) groups excluding carboxylic acids is 2. The molecule has 0 aliphatic rings. The zero-order valence-corrected chi connectivity index (χ0v) is 15.5. The van der Waals surface area contributed by atoms with E-state index in [9.17, 15) is 14.0 Å². The average Bonchev–Trinajstić information content (AvgIpc) is 2.66. The van der Waals surface area contributed by atoms with Gasteiger partial charge >= 0.3 is 0 Å². The van der Waals surface area contributed by atoms with Gasteiger partial charge in [-0.2, -0.15) is 0 Å². The summed E-state index contributed by atoms with van der Waals surface area (Å²) in [7, 11) is 0. The van der Waals surface area contributed by atoms with E-state index in [0.29, 0.717) is 5.92 Å². The van der Waals surface area contributed by atoms with Crippen molar-refractivity contribution in [3.63, 3.8) is 0 Å². The van der Waals surface area contributed by atoms with Crippen molar-refractivity contribution < 1.29 is 18.7 Å². The van der Waals surface area contributed by atoms with Crippen molar-refractivity contribution in [1.82, 2.24) is 10.9 Å². The number of nitrogens with one attached hydrogen (secondary N) is 2. The summed E-state index contributed by atoms with van der Waals surface area (Å²) in [5, 5.41) is 0. The Morgan fingerprint density at radius 2 is 1.67 bits per heavy atom. The molecular formula is C21H23FN2O3. The highest BCUT2D eigenvalue weighted by Crippen LogP contribution is 2.17. The summed E-state index contributed by atoms with van der Waals surface area (Å²) in [6.07, 6.45) is 1.98. The SMILES string of the molecule is CC(C)c1ccc(/C=C/C(=O)NNC(=O)[C@H](C)Oc2ccccc2F)cc1. The quantitative estimate of drug-likeness (QED) is 0.603. The molecule has 0 bridgehead atoms. The van der Waals surface area contributed by atoms with Crippen LogP contribution in [0.15, 0.2) is 54.6 Å². The number of carbonyl (C=O) groups is 2. The van der Waals surface area contributed by atoms with Gasteiger partial charge in [-0.15, -0.1) is 0 Å². The summed E-state index contributed by atoms with van der Waals surface area (Å²) in [6, 6.07) is 13.6. The van der Waals surface area contributed by atoms with Crippen LogP contribution < -0.4 is 15.6 Å². The Kier molecular flexibility index (Phi) is 7.11. The molecule has 2 rings (SSSR count). The van der Waals surface area contributed by atoms with Crippen LogP contribution in [0.1, 0.15) is 37.8 Å². The molecule has 0 fully saturated rings. The lowest BCUT2D eigenvalue weighted by atomic mass is 10.0. The molecule has 0 saturated carbocycles. The number of benzene rings is 2. The number of hydrogen-bond acceptors (Lipinski definition) is 3. The van der Waals surface area contributed by atoms with E-state index in [1.54, 1.807) is 12.1 Å². The minimum atomic E-state index is -0.977. The molecule has 0 aromatic heterocycles.